The monoisotopic (exact) mass is 683 g/mol. The molecule has 0 N–H and O–H groups in total. The first-order valence-electron chi connectivity index (χ1n) is 18.3. The standard InChI is InChI=1S/C46H34N4.C2H3N/c1-5-13-35(14-6-1)41-42(36-15-7-2-8-16-36)49-46(48-41)40-30-32-22-21-31-23-25-33(27-28-34(40)26-24-32)39(29-31)45-47-43(37-17-9-3-10-18-37)44(50(45)46)38-19-11-4-12-20-38;1-2-3/h1-20,23-26,29-30H,21-22,27-28H2;1H3. The minimum atomic E-state index is -1.16. The van der Waals surface area contributed by atoms with E-state index in [-0.39, 0.29) is 0 Å². The summed E-state index contributed by atoms with van der Waals surface area (Å²) in [4.78, 5) is 17.5. The fourth-order valence-electron chi connectivity index (χ4n) is 8.01. The fraction of sp³-hybridized carbons (Fsp3) is 0.125. The summed E-state index contributed by atoms with van der Waals surface area (Å²) in [5.74, 6) is -0.265. The molecule has 5 nitrogen and oxygen atoms in total. The van der Waals surface area contributed by atoms with Crippen molar-refractivity contribution in [3.05, 3.63) is 197 Å². The van der Waals surface area contributed by atoms with Gasteiger partial charge in [0.15, 0.2) is 0 Å². The second kappa shape index (κ2) is 13.5. The molecule has 0 unspecified atom stereocenters. The zero-order valence-electron chi connectivity index (χ0n) is 29.6. The first-order chi connectivity index (χ1) is 26.2. The number of nitriles is 1. The van der Waals surface area contributed by atoms with Crippen molar-refractivity contribution < 1.29 is 0 Å². The van der Waals surface area contributed by atoms with Crippen LogP contribution in [0.3, 0.4) is 0 Å². The van der Waals surface area contributed by atoms with E-state index in [1.807, 2.05) is 0 Å². The fourth-order valence-corrected chi connectivity index (χ4v) is 8.01. The summed E-state index contributed by atoms with van der Waals surface area (Å²) in [5.41, 5.74) is 15.4. The number of fused-ring (bicyclic) bond motifs is 2. The highest BCUT2D eigenvalue weighted by Crippen LogP contribution is 2.49. The molecule has 3 aliphatic heterocycles. The van der Waals surface area contributed by atoms with E-state index in [2.05, 4.69) is 162 Å². The maximum atomic E-state index is 7.32. The molecule has 10 rings (SSSR count). The highest BCUT2D eigenvalue weighted by Gasteiger charge is 2.47. The van der Waals surface area contributed by atoms with Crippen molar-refractivity contribution in [1.82, 2.24) is 9.55 Å². The van der Waals surface area contributed by atoms with Crippen LogP contribution in [-0.4, -0.2) is 21.0 Å². The van der Waals surface area contributed by atoms with Gasteiger partial charge in [0, 0.05) is 40.3 Å². The highest BCUT2D eigenvalue weighted by atomic mass is 15.4. The number of hydrogen-bond acceptors (Lipinski definition) is 4. The summed E-state index contributed by atoms with van der Waals surface area (Å²) in [5, 5.41) is 7.32. The van der Waals surface area contributed by atoms with Gasteiger partial charge in [-0.05, 0) is 60.1 Å². The van der Waals surface area contributed by atoms with Crippen LogP contribution in [-0.2, 0) is 31.5 Å². The van der Waals surface area contributed by atoms with Gasteiger partial charge in [0.25, 0.3) is 5.79 Å². The minimum Gasteiger partial charge on any atom is -0.275 e. The van der Waals surface area contributed by atoms with Crippen molar-refractivity contribution in [2.24, 2.45) is 9.98 Å². The number of aliphatic imine (C=N–C) groups is 2. The molecule has 0 atom stereocenters. The van der Waals surface area contributed by atoms with Crippen molar-refractivity contribution in [2.75, 3.05) is 0 Å². The quantitative estimate of drug-likeness (QED) is 0.185. The van der Waals surface area contributed by atoms with Crippen LogP contribution in [0.2, 0.25) is 0 Å². The van der Waals surface area contributed by atoms with Crippen molar-refractivity contribution in [3.63, 3.8) is 0 Å². The Morgan fingerprint density at radius 2 is 1.02 bits per heavy atom. The minimum absolute atomic E-state index is 0.882. The van der Waals surface area contributed by atoms with Gasteiger partial charge in [-0.2, -0.15) is 5.26 Å². The van der Waals surface area contributed by atoms with Crippen LogP contribution in [0.25, 0.3) is 33.9 Å². The molecule has 53 heavy (non-hydrogen) atoms. The highest BCUT2D eigenvalue weighted by molar-refractivity contribution is 6.54. The van der Waals surface area contributed by atoms with E-state index in [9.17, 15) is 0 Å². The molecule has 0 saturated heterocycles. The van der Waals surface area contributed by atoms with Crippen LogP contribution in [0, 0.1) is 11.3 Å². The maximum absolute atomic E-state index is 7.32. The van der Waals surface area contributed by atoms with Gasteiger partial charge in [-0.1, -0.05) is 146 Å². The molecule has 0 amide bonds. The van der Waals surface area contributed by atoms with E-state index < -0.39 is 5.79 Å². The molecule has 0 saturated carbocycles. The molecule has 0 aliphatic carbocycles. The molecule has 7 aromatic rings. The largest absolute Gasteiger partial charge is 0.275 e. The second-order valence-electron chi connectivity index (χ2n) is 13.7. The summed E-state index contributed by atoms with van der Waals surface area (Å²) in [6, 6.07) is 58.3. The predicted octanol–water partition coefficient (Wildman–Crippen LogP) is 10.3. The number of rotatable bonds is 4. The normalized spacial score (nSPS) is 14.6. The van der Waals surface area contributed by atoms with Crippen LogP contribution in [0.1, 0.15) is 45.9 Å². The van der Waals surface area contributed by atoms with E-state index in [0.29, 0.717) is 0 Å². The Bertz CT molecular complexity index is 2500. The average Bonchev–Trinajstić information content (AvgIpc) is 3.82. The average molecular weight is 684 g/mol. The molecule has 4 bridgehead atoms. The lowest BCUT2D eigenvalue weighted by Crippen LogP contribution is -2.32. The third kappa shape index (κ3) is 5.60. The number of hydrogen-bond donors (Lipinski definition) is 0. The third-order valence-corrected chi connectivity index (χ3v) is 10.5. The first-order valence-corrected chi connectivity index (χ1v) is 18.3. The Hall–Kier alpha value is -6.64. The SMILES string of the molecule is CC#N.c1ccc(C2=NC3(N=C2c2ccccc2)c2cc4ccc2CCc2ccc(cc2-c2nc(-c5ccccc5)c(-c5ccccc5)n23)CC4)cc1. The summed E-state index contributed by atoms with van der Waals surface area (Å²) in [6.45, 7) is 1.43. The summed E-state index contributed by atoms with van der Waals surface area (Å²) < 4.78 is 2.39. The van der Waals surface area contributed by atoms with E-state index in [1.165, 1.54) is 29.2 Å². The molecule has 1 aromatic heterocycles. The summed E-state index contributed by atoms with van der Waals surface area (Å²) >= 11 is 0. The summed E-state index contributed by atoms with van der Waals surface area (Å²) in [7, 11) is 0. The van der Waals surface area contributed by atoms with Crippen LogP contribution >= 0.6 is 0 Å². The number of nitrogens with zero attached hydrogens (tertiary/aromatic N) is 5. The van der Waals surface area contributed by atoms with E-state index in [4.69, 9.17) is 20.2 Å². The van der Waals surface area contributed by atoms with E-state index >= 15 is 0 Å². The number of benzene rings is 6. The Morgan fingerprint density at radius 3 is 1.58 bits per heavy atom. The van der Waals surface area contributed by atoms with E-state index in [1.54, 1.807) is 6.07 Å². The van der Waals surface area contributed by atoms with Crippen molar-refractivity contribution in [2.45, 2.75) is 38.4 Å². The second-order valence-corrected chi connectivity index (χ2v) is 13.7. The van der Waals surface area contributed by atoms with Crippen LogP contribution in [0.15, 0.2) is 168 Å². The lowest BCUT2D eigenvalue weighted by atomic mass is 9.90. The zero-order chi connectivity index (χ0) is 35.8. The molecular formula is C48H37N5. The Labute approximate surface area is 310 Å². The number of aromatic nitrogens is 2. The lowest BCUT2D eigenvalue weighted by molar-refractivity contribution is 0.406. The Kier molecular flexibility index (Phi) is 8.21. The number of imidazole rings is 1. The topological polar surface area (TPSA) is 66.3 Å². The maximum Gasteiger partial charge on any atom is 0.261 e. The van der Waals surface area contributed by atoms with Crippen LogP contribution in [0.5, 0.6) is 0 Å². The summed E-state index contributed by atoms with van der Waals surface area (Å²) in [6.07, 6.45) is 3.67. The number of aryl methyl sites for hydroxylation is 4. The van der Waals surface area contributed by atoms with Crippen molar-refractivity contribution >= 4 is 11.4 Å². The lowest BCUT2D eigenvalue weighted by Gasteiger charge is -2.31. The smallest absolute Gasteiger partial charge is 0.261 e. The molecule has 5 heteroatoms. The molecule has 0 radical (unpaired) electrons. The van der Waals surface area contributed by atoms with E-state index in [0.717, 1.165) is 87.7 Å². The zero-order valence-corrected chi connectivity index (χ0v) is 29.6. The molecule has 6 aromatic carbocycles. The van der Waals surface area contributed by atoms with Crippen LogP contribution < -0.4 is 0 Å². The Balaban J connectivity index is 0.00000120. The van der Waals surface area contributed by atoms with Crippen molar-refractivity contribution in [3.8, 4) is 40.0 Å². The molecule has 3 aliphatic rings. The van der Waals surface area contributed by atoms with Gasteiger partial charge in [-0.25, -0.2) is 15.0 Å². The van der Waals surface area contributed by atoms with Gasteiger partial charge in [-0.15, -0.1) is 0 Å². The van der Waals surface area contributed by atoms with Gasteiger partial charge in [0.1, 0.15) is 5.82 Å². The predicted molar refractivity (Wildman–Crippen MR) is 214 cm³/mol. The van der Waals surface area contributed by atoms with Crippen LogP contribution in [0.4, 0.5) is 0 Å². The first kappa shape index (κ1) is 32.3. The van der Waals surface area contributed by atoms with Gasteiger partial charge < -0.3 is 0 Å². The van der Waals surface area contributed by atoms with Gasteiger partial charge in [0.05, 0.1) is 28.9 Å². The van der Waals surface area contributed by atoms with Gasteiger partial charge in [0.2, 0.25) is 0 Å². The van der Waals surface area contributed by atoms with Gasteiger partial charge in [-0.3, -0.25) is 4.57 Å². The van der Waals surface area contributed by atoms with Gasteiger partial charge >= 0.3 is 0 Å². The Morgan fingerprint density at radius 1 is 0.547 bits per heavy atom. The molecular weight excluding hydrogens is 647 g/mol. The molecule has 254 valence electrons. The molecule has 1 spiro atoms. The molecule has 4 heterocycles. The molecule has 0 fully saturated rings. The van der Waals surface area contributed by atoms with Crippen molar-refractivity contribution in [1.29, 1.82) is 5.26 Å². The third-order valence-electron chi connectivity index (χ3n) is 10.5.